The van der Waals surface area contributed by atoms with Gasteiger partial charge in [-0.05, 0) is 65.7 Å². The number of hydrogen-bond acceptors (Lipinski definition) is 5. The fourth-order valence-electron chi connectivity index (χ4n) is 2.67. The van der Waals surface area contributed by atoms with Crippen LogP contribution in [0.15, 0.2) is 72.1 Å². The minimum atomic E-state index is -3.71. The van der Waals surface area contributed by atoms with Gasteiger partial charge in [-0.3, -0.25) is 4.72 Å². The molecule has 1 N–H and O–H groups in total. The molecular formula is C23H22FNO5S. The molecule has 0 heterocycles. The van der Waals surface area contributed by atoms with Gasteiger partial charge in [0.05, 0.1) is 19.6 Å². The van der Waals surface area contributed by atoms with Gasteiger partial charge in [-0.15, -0.1) is 0 Å². The summed E-state index contributed by atoms with van der Waals surface area (Å²) in [4.78, 5) is 0. The lowest BCUT2D eigenvalue weighted by atomic mass is 10.2. The van der Waals surface area contributed by atoms with Crippen LogP contribution in [0.2, 0.25) is 0 Å². The van der Waals surface area contributed by atoms with Crippen molar-refractivity contribution in [3.8, 4) is 17.2 Å². The number of ether oxygens (including phenoxy) is 3. The molecule has 0 aliphatic heterocycles. The van der Waals surface area contributed by atoms with Crippen LogP contribution in [-0.4, -0.2) is 22.6 Å². The van der Waals surface area contributed by atoms with Gasteiger partial charge in [0, 0.05) is 5.69 Å². The minimum Gasteiger partial charge on any atom is -0.497 e. The van der Waals surface area contributed by atoms with Crippen LogP contribution in [-0.2, 0) is 16.6 Å². The van der Waals surface area contributed by atoms with Crippen LogP contribution >= 0.6 is 0 Å². The van der Waals surface area contributed by atoms with Gasteiger partial charge in [0.25, 0.3) is 10.0 Å². The van der Waals surface area contributed by atoms with Crippen molar-refractivity contribution >= 4 is 21.8 Å². The molecule has 0 aliphatic carbocycles. The van der Waals surface area contributed by atoms with E-state index in [0.29, 0.717) is 28.5 Å². The summed E-state index contributed by atoms with van der Waals surface area (Å²) in [7, 11) is -0.673. The largest absolute Gasteiger partial charge is 0.497 e. The number of methoxy groups -OCH3 is 2. The molecule has 3 rings (SSSR count). The summed E-state index contributed by atoms with van der Waals surface area (Å²) in [5.41, 5.74) is 1.85. The lowest BCUT2D eigenvalue weighted by Crippen LogP contribution is -2.08. The van der Waals surface area contributed by atoms with Crippen molar-refractivity contribution in [2.45, 2.75) is 6.61 Å². The van der Waals surface area contributed by atoms with E-state index >= 15 is 0 Å². The van der Waals surface area contributed by atoms with Crippen molar-refractivity contribution in [3.05, 3.63) is 89.1 Å². The highest BCUT2D eigenvalue weighted by Crippen LogP contribution is 2.29. The molecule has 0 spiro atoms. The first kappa shape index (κ1) is 22.2. The van der Waals surface area contributed by atoms with Gasteiger partial charge in [-0.25, -0.2) is 12.8 Å². The third-order valence-corrected chi connectivity index (χ3v) is 5.30. The van der Waals surface area contributed by atoms with Crippen molar-refractivity contribution < 1.29 is 27.0 Å². The van der Waals surface area contributed by atoms with E-state index in [-0.39, 0.29) is 12.4 Å². The standard InChI is InChI=1S/C23H22FNO5S/c1-28-21-10-8-20(9-11-21)25-31(26,27)14-13-17-5-12-22(23(15-17)29-2)30-16-18-3-6-19(24)7-4-18/h3-15,25H,16H2,1-2H3/b14-13+. The van der Waals surface area contributed by atoms with Gasteiger partial charge >= 0.3 is 0 Å². The van der Waals surface area contributed by atoms with Crippen molar-refractivity contribution in [3.63, 3.8) is 0 Å². The molecule has 162 valence electrons. The highest BCUT2D eigenvalue weighted by molar-refractivity contribution is 7.95. The van der Waals surface area contributed by atoms with E-state index < -0.39 is 10.0 Å². The number of anilines is 1. The maximum Gasteiger partial charge on any atom is 0.255 e. The lowest BCUT2D eigenvalue weighted by molar-refractivity contribution is 0.284. The molecule has 0 unspecified atom stereocenters. The van der Waals surface area contributed by atoms with Crippen molar-refractivity contribution in [1.82, 2.24) is 0 Å². The average molecular weight is 443 g/mol. The second-order valence-electron chi connectivity index (χ2n) is 6.50. The summed E-state index contributed by atoms with van der Waals surface area (Å²) in [6.07, 6.45) is 1.46. The molecule has 0 bridgehead atoms. The van der Waals surface area contributed by atoms with Gasteiger partial charge in [-0.2, -0.15) is 0 Å². The van der Waals surface area contributed by atoms with Crippen LogP contribution in [0.1, 0.15) is 11.1 Å². The second-order valence-corrected chi connectivity index (χ2v) is 8.07. The summed E-state index contributed by atoms with van der Waals surface area (Å²) >= 11 is 0. The predicted molar refractivity (Wildman–Crippen MR) is 118 cm³/mol. The third kappa shape index (κ3) is 6.48. The molecule has 6 nitrogen and oxygen atoms in total. The van der Waals surface area contributed by atoms with Crippen LogP contribution in [0.5, 0.6) is 17.2 Å². The maximum absolute atomic E-state index is 13.0. The molecule has 3 aromatic carbocycles. The van der Waals surface area contributed by atoms with Crippen molar-refractivity contribution in [2.75, 3.05) is 18.9 Å². The number of rotatable bonds is 9. The van der Waals surface area contributed by atoms with Gasteiger partial charge < -0.3 is 14.2 Å². The number of benzene rings is 3. The molecule has 0 aliphatic rings. The molecule has 31 heavy (non-hydrogen) atoms. The summed E-state index contributed by atoms with van der Waals surface area (Å²) in [6, 6.07) is 17.6. The first-order valence-electron chi connectivity index (χ1n) is 9.29. The second kappa shape index (κ2) is 9.99. The summed E-state index contributed by atoms with van der Waals surface area (Å²) < 4.78 is 56.3. The molecule has 0 aromatic heterocycles. The maximum atomic E-state index is 13.0. The predicted octanol–water partition coefficient (Wildman–Crippen LogP) is 4.83. The summed E-state index contributed by atoms with van der Waals surface area (Å²) in [6.45, 7) is 0.242. The highest BCUT2D eigenvalue weighted by Gasteiger charge is 2.08. The number of nitrogens with one attached hydrogen (secondary N) is 1. The van der Waals surface area contributed by atoms with Crippen LogP contribution in [0.3, 0.4) is 0 Å². The first-order chi connectivity index (χ1) is 14.9. The zero-order valence-corrected chi connectivity index (χ0v) is 17.9. The fraction of sp³-hybridized carbons (Fsp3) is 0.130. The Hall–Kier alpha value is -3.52. The number of halogens is 1. The Morgan fingerprint density at radius 1 is 0.903 bits per heavy atom. The van der Waals surface area contributed by atoms with Crippen LogP contribution in [0.4, 0.5) is 10.1 Å². The van der Waals surface area contributed by atoms with Gasteiger partial charge in [-0.1, -0.05) is 18.2 Å². The van der Waals surface area contributed by atoms with E-state index in [1.165, 1.54) is 32.4 Å². The quantitative estimate of drug-likeness (QED) is 0.513. The number of sulfonamides is 1. The zero-order chi connectivity index (χ0) is 22.3. The first-order valence-corrected chi connectivity index (χ1v) is 10.8. The Labute approximate surface area is 180 Å². The molecule has 3 aromatic rings. The van der Waals surface area contributed by atoms with Gasteiger partial charge in [0.1, 0.15) is 18.2 Å². The molecule has 0 fully saturated rings. The zero-order valence-electron chi connectivity index (χ0n) is 17.0. The summed E-state index contributed by atoms with van der Waals surface area (Å²) in [5.74, 6) is 1.26. The molecule has 0 saturated carbocycles. The third-order valence-electron chi connectivity index (χ3n) is 4.29. The van der Waals surface area contributed by atoms with Crippen LogP contribution < -0.4 is 18.9 Å². The normalized spacial score (nSPS) is 11.3. The van der Waals surface area contributed by atoms with Crippen LogP contribution in [0.25, 0.3) is 6.08 Å². The molecule has 0 amide bonds. The van der Waals surface area contributed by atoms with Gasteiger partial charge in [0.15, 0.2) is 11.5 Å². The topological polar surface area (TPSA) is 73.9 Å². The highest BCUT2D eigenvalue weighted by atomic mass is 32.2. The Morgan fingerprint density at radius 2 is 1.61 bits per heavy atom. The molecule has 0 radical (unpaired) electrons. The van der Waals surface area contributed by atoms with E-state index in [0.717, 1.165) is 11.0 Å². The van der Waals surface area contributed by atoms with E-state index in [1.807, 2.05) is 0 Å². The van der Waals surface area contributed by atoms with E-state index in [1.54, 1.807) is 54.6 Å². The molecule has 0 atom stereocenters. The molecule has 0 saturated heterocycles. The van der Waals surface area contributed by atoms with Crippen molar-refractivity contribution in [2.24, 2.45) is 0 Å². The smallest absolute Gasteiger partial charge is 0.255 e. The summed E-state index contributed by atoms with van der Waals surface area (Å²) in [5, 5.41) is 1.07. The number of hydrogen-bond donors (Lipinski definition) is 1. The van der Waals surface area contributed by atoms with E-state index in [2.05, 4.69) is 4.72 Å². The SMILES string of the molecule is COc1ccc(NS(=O)(=O)/C=C/c2ccc(OCc3ccc(F)cc3)c(OC)c2)cc1. The molecular weight excluding hydrogens is 421 g/mol. The molecule has 8 heteroatoms. The average Bonchev–Trinajstić information content (AvgIpc) is 2.78. The Morgan fingerprint density at radius 3 is 2.26 bits per heavy atom. The monoisotopic (exact) mass is 443 g/mol. The Bertz CT molecular complexity index is 1140. The Kier molecular flexibility index (Phi) is 7.15. The van der Waals surface area contributed by atoms with Gasteiger partial charge in [0.2, 0.25) is 0 Å². The lowest BCUT2D eigenvalue weighted by Gasteiger charge is -2.11. The fourth-order valence-corrected chi connectivity index (χ4v) is 3.54. The van der Waals surface area contributed by atoms with Crippen LogP contribution in [0, 0.1) is 5.82 Å². The Balaban J connectivity index is 1.67. The van der Waals surface area contributed by atoms with Crippen molar-refractivity contribution in [1.29, 1.82) is 0 Å². The van der Waals surface area contributed by atoms with E-state index in [4.69, 9.17) is 14.2 Å². The van der Waals surface area contributed by atoms with E-state index in [9.17, 15) is 12.8 Å². The minimum absolute atomic E-state index is 0.242.